The van der Waals surface area contributed by atoms with Crippen LogP contribution in [0.1, 0.15) is 20.7 Å². The predicted molar refractivity (Wildman–Crippen MR) is 126 cm³/mol. The average Bonchev–Trinajstić information content (AvgIpc) is 3.33. The summed E-state index contributed by atoms with van der Waals surface area (Å²) in [4.78, 5) is 31.3. The van der Waals surface area contributed by atoms with Crippen LogP contribution in [0.2, 0.25) is 0 Å². The Kier molecular flexibility index (Phi) is 6.40. The Morgan fingerprint density at radius 1 is 1.00 bits per heavy atom. The molecule has 0 spiro atoms. The number of halogens is 1. The number of methoxy groups -OCH3 is 1. The molecule has 3 aromatic carbocycles. The first-order valence-corrected chi connectivity index (χ1v) is 10.4. The molecule has 1 N–H and O–H groups in total. The highest BCUT2D eigenvalue weighted by Crippen LogP contribution is 2.31. The number of benzene rings is 3. The number of hydrogen-bond acceptors (Lipinski definition) is 5. The van der Waals surface area contributed by atoms with Crippen LogP contribution in [-0.4, -0.2) is 42.9 Å². The Labute approximate surface area is 195 Å². The van der Waals surface area contributed by atoms with E-state index in [4.69, 9.17) is 9.15 Å². The van der Waals surface area contributed by atoms with Crippen LogP contribution in [0.4, 0.5) is 10.1 Å². The highest BCUT2D eigenvalue weighted by atomic mass is 19.1. The Morgan fingerprint density at radius 2 is 1.71 bits per heavy atom. The van der Waals surface area contributed by atoms with Gasteiger partial charge in [0.2, 0.25) is 5.89 Å². The summed E-state index contributed by atoms with van der Waals surface area (Å²) in [5.41, 5.74) is 1.74. The monoisotopic (exact) mass is 459 g/mol. The van der Waals surface area contributed by atoms with Gasteiger partial charge in [0, 0.05) is 25.2 Å². The first-order chi connectivity index (χ1) is 16.4. The third-order valence-corrected chi connectivity index (χ3v) is 5.15. The van der Waals surface area contributed by atoms with Crippen molar-refractivity contribution in [2.45, 2.75) is 0 Å². The van der Waals surface area contributed by atoms with Gasteiger partial charge in [-0.2, -0.15) is 0 Å². The molecule has 7 nitrogen and oxygen atoms in total. The molecule has 0 bridgehead atoms. The zero-order chi connectivity index (χ0) is 24.2. The van der Waals surface area contributed by atoms with Crippen molar-refractivity contribution in [1.82, 2.24) is 9.88 Å². The zero-order valence-corrected chi connectivity index (χ0v) is 18.8. The van der Waals surface area contributed by atoms with Crippen molar-refractivity contribution in [3.05, 3.63) is 89.9 Å². The number of nitrogens with zero attached hydrogens (tertiary/aromatic N) is 2. The number of anilines is 1. The normalized spacial score (nSPS) is 10.6. The van der Waals surface area contributed by atoms with Gasteiger partial charge < -0.3 is 19.4 Å². The lowest BCUT2D eigenvalue weighted by molar-refractivity contribution is 0.0827. The van der Waals surface area contributed by atoms with E-state index in [1.54, 1.807) is 74.8 Å². The van der Waals surface area contributed by atoms with E-state index in [2.05, 4.69) is 10.3 Å². The molecule has 4 aromatic rings. The molecule has 8 heteroatoms. The summed E-state index contributed by atoms with van der Waals surface area (Å²) in [5, 5.41) is 2.81. The SMILES string of the molecule is COc1ccc(C(=O)N(C)C)cc1NC(=O)c1ccccc1-c1ncc(-c2ccccc2F)o1. The van der Waals surface area contributed by atoms with E-state index in [9.17, 15) is 14.0 Å². The molecule has 0 aliphatic rings. The minimum absolute atomic E-state index is 0.174. The van der Waals surface area contributed by atoms with Gasteiger partial charge in [-0.25, -0.2) is 9.37 Å². The largest absolute Gasteiger partial charge is 0.495 e. The third-order valence-electron chi connectivity index (χ3n) is 5.15. The van der Waals surface area contributed by atoms with E-state index in [1.807, 2.05) is 0 Å². The van der Waals surface area contributed by atoms with Crippen LogP contribution in [0.15, 0.2) is 77.3 Å². The molecule has 34 heavy (non-hydrogen) atoms. The Hall–Kier alpha value is -4.46. The number of aromatic nitrogens is 1. The molecule has 4 rings (SSSR count). The van der Waals surface area contributed by atoms with E-state index in [1.165, 1.54) is 24.3 Å². The lowest BCUT2D eigenvalue weighted by Gasteiger charge is -2.15. The van der Waals surface area contributed by atoms with Crippen LogP contribution in [-0.2, 0) is 0 Å². The molecule has 1 heterocycles. The van der Waals surface area contributed by atoms with Gasteiger partial charge in [0.15, 0.2) is 5.76 Å². The van der Waals surface area contributed by atoms with Crippen molar-refractivity contribution in [2.24, 2.45) is 0 Å². The quantitative estimate of drug-likeness (QED) is 0.433. The fourth-order valence-electron chi connectivity index (χ4n) is 3.44. The lowest BCUT2D eigenvalue weighted by Crippen LogP contribution is -2.22. The van der Waals surface area contributed by atoms with Crippen LogP contribution in [0.3, 0.4) is 0 Å². The molecule has 0 aliphatic heterocycles. The van der Waals surface area contributed by atoms with Gasteiger partial charge in [-0.1, -0.05) is 24.3 Å². The van der Waals surface area contributed by atoms with Crippen molar-refractivity contribution in [2.75, 3.05) is 26.5 Å². The third kappa shape index (κ3) is 4.52. The summed E-state index contributed by atoms with van der Waals surface area (Å²) >= 11 is 0. The van der Waals surface area contributed by atoms with Crippen molar-refractivity contribution in [3.8, 4) is 28.5 Å². The molecule has 172 valence electrons. The first kappa shape index (κ1) is 22.7. The standard InChI is InChI=1S/C26H22FN3O4/c1-30(2)26(32)16-12-13-22(33-3)21(14-16)29-24(31)17-8-4-5-9-18(17)25-28-15-23(34-25)19-10-6-7-11-20(19)27/h4-15H,1-3H3,(H,29,31). The number of ether oxygens (including phenoxy) is 1. The summed E-state index contributed by atoms with van der Waals surface area (Å²) in [6.07, 6.45) is 1.42. The van der Waals surface area contributed by atoms with Gasteiger partial charge in [0.05, 0.1) is 30.1 Å². The summed E-state index contributed by atoms with van der Waals surface area (Å²) in [6.45, 7) is 0. The molecule has 0 saturated carbocycles. The van der Waals surface area contributed by atoms with E-state index in [0.29, 0.717) is 22.6 Å². The van der Waals surface area contributed by atoms with Gasteiger partial charge in [-0.3, -0.25) is 9.59 Å². The highest BCUT2D eigenvalue weighted by Gasteiger charge is 2.20. The summed E-state index contributed by atoms with van der Waals surface area (Å²) < 4.78 is 25.3. The minimum atomic E-state index is -0.450. The smallest absolute Gasteiger partial charge is 0.256 e. The molecule has 0 saturated heterocycles. The number of hydrogen-bond donors (Lipinski definition) is 1. The number of amides is 2. The molecule has 2 amide bonds. The molecular weight excluding hydrogens is 437 g/mol. The Balaban J connectivity index is 1.67. The van der Waals surface area contributed by atoms with Gasteiger partial charge in [0.25, 0.3) is 11.8 Å². The zero-order valence-electron chi connectivity index (χ0n) is 18.8. The second kappa shape index (κ2) is 9.58. The van der Waals surface area contributed by atoms with Crippen molar-refractivity contribution in [3.63, 3.8) is 0 Å². The topological polar surface area (TPSA) is 84.7 Å². The van der Waals surface area contributed by atoms with E-state index >= 15 is 0 Å². The number of carbonyl (C=O) groups excluding carboxylic acids is 2. The number of nitrogens with one attached hydrogen (secondary N) is 1. The second-order valence-corrected chi connectivity index (χ2v) is 7.62. The number of rotatable bonds is 6. The fourth-order valence-corrected chi connectivity index (χ4v) is 3.44. The molecule has 0 atom stereocenters. The maximum atomic E-state index is 14.2. The Morgan fingerprint density at radius 3 is 2.41 bits per heavy atom. The summed E-state index contributed by atoms with van der Waals surface area (Å²) in [5.74, 6) is -0.269. The van der Waals surface area contributed by atoms with Crippen LogP contribution >= 0.6 is 0 Å². The van der Waals surface area contributed by atoms with E-state index < -0.39 is 11.7 Å². The number of oxazole rings is 1. The maximum Gasteiger partial charge on any atom is 0.256 e. The van der Waals surface area contributed by atoms with Crippen molar-refractivity contribution >= 4 is 17.5 Å². The molecule has 0 radical (unpaired) electrons. The van der Waals surface area contributed by atoms with E-state index in [-0.39, 0.29) is 28.7 Å². The first-order valence-electron chi connectivity index (χ1n) is 10.4. The van der Waals surface area contributed by atoms with Gasteiger partial charge in [-0.15, -0.1) is 0 Å². The van der Waals surface area contributed by atoms with Crippen LogP contribution in [0.5, 0.6) is 5.75 Å². The molecule has 1 aromatic heterocycles. The van der Waals surface area contributed by atoms with Crippen LogP contribution < -0.4 is 10.1 Å². The van der Waals surface area contributed by atoms with Gasteiger partial charge in [-0.05, 0) is 42.5 Å². The minimum Gasteiger partial charge on any atom is -0.495 e. The van der Waals surface area contributed by atoms with Crippen molar-refractivity contribution < 1.29 is 23.1 Å². The average molecular weight is 459 g/mol. The molecular formula is C26H22FN3O4. The summed E-state index contributed by atoms with van der Waals surface area (Å²) in [7, 11) is 4.77. The van der Waals surface area contributed by atoms with Gasteiger partial charge >= 0.3 is 0 Å². The van der Waals surface area contributed by atoms with Crippen LogP contribution in [0, 0.1) is 5.82 Å². The second-order valence-electron chi connectivity index (χ2n) is 7.62. The summed E-state index contributed by atoms with van der Waals surface area (Å²) in [6, 6.07) is 17.8. The van der Waals surface area contributed by atoms with Crippen molar-refractivity contribution in [1.29, 1.82) is 0 Å². The maximum absolute atomic E-state index is 14.2. The number of carbonyl (C=O) groups is 2. The molecule has 0 fully saturated rings. The molecule has 0 unspecified atom stereocenters. The lowest BCUT2D eigenvalue weighted by atomic mass is 10.1. The predicted octanol–water partition coefficient (Wildman–Crippen LogP) is 5.11. The van der Waals surface area contributed by atoms with Crippen LogP contribution in [0.25, 0.3) is 22.8 Å². The Bertz CT molecular complexity index is 1360. The van der Waals surface area contributed by atoms with Gasteiger partial charge in [0.1, 0.15) is 11.6 Å². The van der Waals surface area contributed by atoms with E-state index in [0.717, 1.165) is 0 Å². The molecule has 0 aliphatic carbocycles. The highest BCUT2D eigenvalue weighted by molar-refractivity contribution is 6.09. The fraction of sp³-hybridized carbons (Fsp3) is 0.115.